The van der Waals surface area contributed by atoms with Gasteiger partial charge in [0.25, 0.3) is 0 Å². The topological polar surface area (TPSA) is 377 Å². The number of nitrogens with two attached hydrogens (primary N) is 2. The molecule has 0 aliphatic rings. The molecule has 0 radical (unpaired) electrons. The molecule has 0 saturated heterocycles. The summed E-state index contributed by atoms with van der Waals surface area (Å²) in [5.41, 5.74) is 11.3. The van der Waals surface area contributed by atoms with E-state index in [1.54, 1.807) is 44.2 Å². The first-order chi connectivity index (χ1) is 27.2. The second-order valence-electron chi connectivity index (χ2n) is 13.3. The van der Waals surface area contributed by atoms with Crippen molar-refractivity contribution in [1.82, 2.24) is 42.5 Å². The largest absolute Gasteiger partial charge is 0.481 e. The van der Waals surface area contributed by atoms with Crippen molar-refractivity contribution in [2.75, 3.05) is 26.2 Å². The number of amides is 9. The van der Waals surface area contributed by atoms with Crippen LogP contribution in [-0.4, -0.2) is 132 Å². The van der Waals surface area contributed by atoms with E-state index in [4.69, 9.17) is 16.6 Å². The van der Waals surface area contributed by atoms with E-state index in [1.807, 2.05) is 0 Å². The Bertz CT molecular complexity index is 1660. The molecule has 0 unspecified atom stereocenters. The van der Waals surface area contributed by atoms with E-state index in [0.29, 0.717) is 0 Å². The van der Waals surface area contributed by atoms with E-state index < -0.39 is 134 Å². The van der Waals surface area contributed by atoms with Gasteiger partial charge in [0.15, 0.2) is 0 Å². The number of carboxylic acids is 2. The molecule has 23 nitrogen and oxygen atoms in total. The van der Waals surface area contributed by atoms with Crippen LogP contribution in [0, 0.1) is 5.92 Å². The Labute approximate surface area is 332 Å². The molecule has 0 aliphatic heterocycles. The molecule has 1 aromatic carbocycles. The third-order valence-electron chi connectivity index (χ3n) is 7.84. The lowest BCUT2D eigenvalue weighted by molar-refractivity contribution is -0.143. The van der Waals surface area contributed by atoms with Gasteiger partial charge in [0.1, 0.15) is 30.2 Å². The summed E-state index contributed by atoms with van der Waals surface area (Å²) in [6.45, 7) is 2.27. The number of benzene rings is 1. The van der Waals surface area contributed by atoms with Crippen molar-refractivity contribution in [1.29, 1.82) is 0 Å². The lowest BCUT2D eigenvalue weighted by atomic mass is 10.0. The molecule has 14 N–H and O–H groups in total. The zero-order chi connectivity index (χ0) is 43.9. The van der Waals surface area contributed by atoms with Crippen molar-refractivity contribution in [2.24, 2.45) is 17.4 Å². The number of aliphatic carboxylic acids is 2. The van der Waals surface area contributed by atoms with E-state index in [1.165, 1.54) is 6.92 Å². The molecule has 0 spiro atoms. The summed E-state index contributed by atoms with van der Waals surface area (Å²) < 4.78 is 0. The average Bonchev–Trinajstić information content (AvgIpc) is 3.15. The summed E-state index contributed by atoms with van der Waals surface area (Å²) >= 11 is 0. The normalized spacial score (nSPS) is 13.2. The minimum absolute atomic E-state index is 0.106. The highest BCUT2D eigenvalue weighted by Crippen LogP contribution is 2.06. The number of carboxylic acid groups (broad SMARTS) is 2. The van der Waals surface area contributed by atoms with E-state index >= 15 is 0 Å². The molecule has 0 bridgehead atoms. The van der Waals surface area contributed by atoms with Gasteiger partial charge in [-0.15, -0.1) is 0 Å². The number of carbonyl (C=O) groups excluding carboxylic acids is 9. The zero-order valence-corrected chi connectivity index (χ0v) is 32.3. The van der Waals surface area contributed by atoms with Gasteiger partial charge in [-0.25, -0.2) is 4.79 Å². The smallest absolute Gasteiger partial charge is 0.326 e. The van der Waals surface area contributed by atoms with Crippen LogP contribution in [0.4, 0.5) is 0 Å². The van der Waals surface area contributed by atoms with Crippen LogP contribution in [0.1, 0.15) is 52.0 Å². The van der Waals surface area contributed by atoms with Crippen LogP contribution in [0.5, 0.6) is 0 Å². The monoisotopic (exact) mass is 820 g/mol. The fourth-order valence-corrected chi connectivity index (χ4v) is 4.97. The summed E-state index contributed by atoms with van der Waals surface area (Å²) in [6, 6.07) is 2.05. The van der Waals surface area contributed by atoms with Gasteiger partial charge in [-0.3, -0.25) is 47.9 Å². The third kappa shape index (κ3) is 20.3. The first-order valence-electron chi connectivity index (χ1n) is 18.0. The molecule has 1 aromatic rings. The van der Waals surface area contributed by atoms with Crippen LogP contribution in [0.3, 0.4) is 0 Å². The quantitative estimate of drug-likeness (QED) is 0.0416. The van der Waals surface area contributed by atoms with Crippen molar-refractivity contribution >= 4 is 65.1 Å². The fourth-order valence-electron chi connectivity index (χ4n) is 4.97. The Balaban J connectivity index is 2.76. The van der Waals surface area contributed by atoms with Crippen LogP contribution in [0.2, 0.25) is 0 Å². The standard InChI is InChI=1S/C35H52N10O13/c1-18(2)11-22(43-28(49)16-40-33(55)23(42-26(47)14-36)12-20-7-5-4-6-8-20)32(54)39-17-29(50)44-24(13-25(37)46)34(56)38-15-27(48)41-19(3)31(53)45-21(35(57)58)9-10-30(51)52/h4-8,18-19,21-24H,9-17,36H2,1-3H3,(H2,37,46)(H,38,56)(H,39,54)(H,40,55)(H,41,48)(H,42,47)(H,43,49)(H,44,50)(H,45,53)(H,51,52)(H,57,58)/t19-,21-,22-,23-,24-/m0/s1. The van der Waals surface area contributed by atoms with Crippen molar-refractivity contribution in [2.45, 2.75) is 83.1 Å². The molecule has 0 aliphatic carbocycles. The highest BCUT2D eigenvalue weighted by atomic mass is 16.4. The predicted molar refractivity (Wildman–Crippen MR) is 201 cm³/mol. The van der Waals surface area contributed by atoms with Crippen molar-refractivity contribution in [3.63, 3.8) is 0 Å². The molecule has 5 atom stereocenters. The van der Waals surface area contributed by atoms with Crippen molar-refractivity contribution in [3.8, 4) is 0 Å². The second kappa shape index (κ2) is 25.5. The number of hydrogen-bond donors (Lipinski definition) is 12. The molecule has 9 amide bonds. The number of nitrogens with one attached hydrogen (secondary N) is 8. The van der Waals surface area contributed by atoms with Gasteiger partial charge < -0.3 is 64.2 Å². The van der Waals surface area contributed by atoms with Gasteiger partial charge in [-0.1, -0.05) is 44.2 Å². The lowest BCUT2D eigenvalue weighted by Crippen LogP contribution is -2.55. The molecule has 0 saturated carbocycles. The molecule has 58 heavy (non-hydrogen) atoms. The van der Waals surface area contributed by atoms with Crippen LogP contribution < -0.4 is 54.0 Å². The Kier molecular flexibility index (Phi) is 21.7. The van der Waals surface area contributed by atoms with Crippen LogP contribution in [-0.2, 0) is 59.2 Å². The SMILES string of the molecule is CC(C)C[C@H](NC(=O)CNC(=O)[C@H](Cc1ccccc1)NC(=O)CN)C(=O)NCC(=O)N[C@@H](CC(N)=O)C(=O)NCC(=O)N[C@@H](C)C(=O)N[C@@H](CCC(=O)O)C(=O)O. The van der Waals surface area contributed by atoms with Gasteiger partial charge >= 0.3 is 11.9 Å². The van der Waals surface area contributed by atoms with Gasteiger partial charge in [0, 0.05) is 12.8 Å². The molecular weight excluding hydrogens is 768 g/mol. The number of carbonyl (C=O) groups is 11. The van der Waals surface area contributed by atoms with E-state index in [0.717, 1.165) is 5.56 Å². The second-order valence-corrected chi connectivity index (χ2v) is 13.3. The summed E-state index contributed by atoms with van der Waals surface area (Å²) in [5.74, 6) is -10.7. The highest BCUT2D eigenvalue weighted by Gasteiger charge is 2.28. The van der Waals surface area contributed by atoms with Crippen molar-refractivity contribution < 1.29 is 63.0 Å². The Morgan fingerprint density at radius 3 is 1.57 bits per heavy atom. The molecular formula is C35H52N10O13. The maximum Gasteiger partial charge on any atom is 0.326 e. The van der Waals surface area contributed by atoms with Crippen LogP contribution >= 0.6 is 0 Å². The summed E-state index contributed by atoms with van der Waals surface area (Å²) in [7, 11) is 0. The highest BCUT2D eigenvalue weighted by molar-refractivity contribution is 5.97. The molecule has 0 aromatic heterocycles. The maximum atomic E-state index is 13.1. The summed E-state index contributed by atoms with van der Waals surface area (Å²) in [5, 5.41) is 36.3. The van der Waals surface area contributed by atoms with E-state index in [9.17, 15) is 57.8 Å². The number of rotatable bonds is 26. The molecule has 320 valence electrons. The Morgan fingerprint density at radius 2 is 1.09 bits per heavy atom. The predicted octanol–water partition coefficient (Wildman–Crippen LogP) is -5.15. The minimum Gasteiger partial charge on any atom is -0.481 e. The van der Waals surface area contributed by atoms with Crippen molar-refractivity contribution in [3.05, 3.63) is 35.9 Å². The first-order valence-corrected chi connectivity index (χ1v) is 18.0. The Morgan fingerprint density at radius 1 is 0.603 bits per heavy atom. The first kappa shape index (κ1) is 49.4. The summed E-state index contributed by atoms with van der Waals surface area (Å²) in [4.78, 5) is 135. The molecule has 0 fully saturated rings. The molecule has 1 rings (SSSR count). The fraction of sp³-hybridized carbons (Fsp3) is 0.514. The zero-order valence-electron chi connectivity index (χ0n) is 32.3. The van der Waals surface area contributed by atoms with Gasteiger partial charge in [-0.2, -0.15) is 0 Å². The average molecular weight is 821 g/mol. The van der Waals surface area contributed by atoms with Crippen LogP contribution in [0.25, 0.3) is 0 Å². The number of hydrogen-bond acceptors (Lipinski definition) is 12. The molecule has 23 heteroatoms. The van der Waals surface area contributed by atoms with Gasteiger partial charge in [-0.05, 0) is 31.2 Å². The van der Waals surface area contributed by atoms with Gasteiger partial charge in [0.05, 0.1) is 32.6 Å². The van der Waals surface area contributed by atoms with Crippen LogP contribution in [0.15, 0.2) is 30.3 Å². The number of primary amides is 1. The molecule has 0 heterocycles. The summed E-state index contributed by atoms with van der Waals surface area (Å²) in [6.07, 6.45) is -1.48. The maximum absolute atomic E-state index is 13.1. The third-order valence-corrected chi connectivity index (χ3v) is 7.84. The lowest BCUT2D eigenvalue weighted by Gasteiger charge is -2.22. The van der Waals surface area contributed by atoms with Gasteiger partial charge in [0.2, 0.25) is 53.2 Å². The Hall–Kier alpha value is -6.65. The van der Waals surface area contributed by atoms with E-state index in [-0.39, 0.29) is 25.3 Å². The van der Waals surface area contributed by atoms with E-state index in [2.05, 4.69) is 42.5 Å². The minimum atomic E-state index is -1.61.